The van der Waals surface area contributed by atoms with E-state index in [0.717, 1.165) is 18.3 Å². The topological polar surface area (TPSA) is 50.5 Å². The minimum atomic E-state index is -1.04. The van der Waals surface area contributed by atoms with Gasteiger partial charge in [0.25, 0.3) is 0 Å². The molecule has 0 fully saturated rings. The Balaban J connectivity index is 2.54. The Morgan fingerprint density at radius 1 is 1.37 bits per heavy atom. The Hall–Kier alpha value is -0.753. The lowest BCUT2D eigenvalue weighted by Crippen LogP contribution is -2.38. The Bertz CT molecular complexity index is 409. The summed E-state index contributed by atoms with van der Waals surface area (Å²) in [4.78, 5) is 0. The van der Waals surface area contributed by atoms with E-state index in [2.05, 4.69) is 25.1 Å². The van der Waals surface area contributed by atoms with Gasteiger partial charge in [0.15, 0.2) is 0 Å². The van der Waals surface area contributed by atoms with Crippen molar-refractivity contribution in [1.29, 1.82) is 0 Å². The van der Waals surface area contributed by atoms with Crippen LogP contribution < -0.4 is 16.2 Å². The van der Waals surface area contributed by atoms with Gasteiger partial charge in [-0.1, -0.05) is 31.2 Å². The molecule has 0 saturated carbocycles. The van der Waals surface area contributed by atoms with Crippen molar-refractivity contribution >= 4 is 31.0 Å². The molecule has 0 amide bonds. The predicted molar refractivity (Wildman–Crippen MR) is 86.4 cm³/mol. The van der Waals surface area contributed by atoms with Gasteiger partial charge in [0.1, 0.15) is 6.73 Å². The lowest BCUT2D eigenvalue weighted by Gasteiger charge is -2.25. The zero-order chi connectivity index (χ0) is 14.5. The number of nitrogens with two attached hydrogens (primary N) is 1. The van der Waals surface area contributed by atoms with E-state index in [1.165, 1.54) is 0 Å². The number of anilines is 2. The molecule has 0 unspecified atom stereocenters. The molecule has 0 saturated heterocycles. The van der Waals surface area contributed by atoms with Gasteiger partial charge in [0.2, 0.25) is 0 Å². The fourth-order valence-electron chi connectivity index (χ4n) is 1.56. The van der Waals surface area contributed by atoms with Crippen molar-refractivity contribution in [1.82, 2.24) is 5.43 Å². The van der Waals surface area contributed by atoms with E-state index in [0.29, 0.717) is 17.4 Å². The summed E-state index contributed by atoms with van der Waals surface area (Å²) in [5.41, 5.74) is 10.5. The van der Waals surface area contributed by atoms with Crippen LogP contribution in [-0.4, -0.2) is 28.5 Å². The lowest BCUT2D eigenvalue weighted by atomic mass is 10.2. The molecule has 0 aliphatic carbocycles. The Kier molecular flexibility index (Phi) is 6.13. The van der Waals surface area contributed by atoms with E-state index in [4.69, 9.17) is 22.1 Å². The zero-order valence-corrected chi connectivity index (χ0v) is 13.9. The van der Waals surface area contributed by atoms with Gasteiger partial charge in [-0.05, 0) is 24.2 Å². The van der Waals surface area contributed by atoms with Gasteiger partial charge in [0, 0.05) is 26.8 Å². The summed E-state index contributed by atoms with van der Waals surface area (Å²) in [6.45, 7) is 8.25. The fraction of sp³-hybridized carbons (Fsp3) is 0.538. The number of nitrogens with one attached hydrogen (secondary N) is 1. The second-order valence-corrected chi connectivity index (χ2v) is 11.8. The summed E-state index contributed by atoms with van der Waals surface area (Å²) in [6, 6.07) is 6.60. The van der Waals surface area contributed by atoms with Crippen LogP contribution in [0.2, 0.25) is 30.7 Å². The molecule has 1 rings (SSSR count). The van der Waals surface area contributed by atoms with Gasteiger partial charge in [0.05, 0.1) is 11.4 Å². The first kappa shape index (κ1) is 16.3. The van der Waals surface area contributed by atoms with Gasteiger partial charge in [-0.2, -0.15) is 0 Å². The third-order valence-corrected chi connectivity index (χ3v) is 4.71. The van der Waals surface area contributed by atoms with Gasteiger partial charge in [-0.15, -0.1) is 0 Å². The Morgan fingerprint density at radius 2 is 2.05 bits per heavy atom. The van der Waals surface area contributed by atoms with Crippen LogP contribution in [0.3, 0.4) is 0 Å². The van der Waals surface area contributed by atoms with Crippen molar-refractivity contribution in [3.63, 3.8) is 0 Å². The highest BCUT2D eigenvalue weighted by molar-refractivity contribution is 6.76. The SMILES string of the molecule is CNN(COCC[Si](C)(C)C)c1ccc(Cl)cc1N. The Labute approximate surface area is 121 Å². The zero-order valence-electron chi connectivity index (χ0n) is 12.2. The van der Waals surface area contributed by atoms with Gasteiger partial charge >= 0.3 is 0 Å². The first-order chi connectivity index (χ1) is 8.83. The average Bonchev–Trinajstić information content (AvgIpc) is 2.29. The first-order valence-electron chi connectivity index (χ1n) is 6.41. The minimum Gasteiger partial charge on any atom is -0.397 e. The van der Waals surface area contributed by atoms with Crippen LogP contribution in [0.5, 0.6) is 0 Å². The highest BCUT2D eigenvalue weighted by Gasteiger charge is 2.13. The van der Waals surface area contributed by atoms with Crippen molar-refractivity contribution in [3.05, 3.63) is 23.2 Å². The van der Waals surface area contributed by atoms with Gasteiger partial charge in [-0.25, -0.2) is 5.43 Å². The molecule has 0 bridgehead atoms. The summed E-state index contributed by atoms with van der Waals surface area (Å²) in [5, 5.41) is 2.51. The molecule has 19 heavy (non-hydrogen) atoms. The van der Waals surface area contributed by atoms with Crippen LogP contribution >= 0.6 is 11.6 Å². The number of rotatable bonds is 7. The third kappa shape index (κ3) is 5.82. The summed E-state index contributed by atoms with van der Waals surface area (Å²) >= 11 is 5.90. The molecule has 0 spiro atoms. The van der Waals surface area contributed by atoms with Crippen molar-refractivity contribution in [2.75, 3.05) is 31.1 Å². The number of hydrazine groups is 1. The van der Waals surface area contributed by atoms with Crippen LogP contribution in [0.1, 0.15) is 0 Å². The van der Waals surface area contributed by atoms with Crippen LogP contribution in [0, 0.1) is 0 Å². The summed E-state index contributed by atoms with van der Waals surface area (Å²) in [6.07, 6.45) is 0. The molecule has 0 aliphatic rings. The molecule has 108 valence electrons. The molecule has 0 aliphatic heterocycles. The van der Waals surface area contributed by atoms with Crippen LogP contribution in [0.4, 0.5) is 11.4 Å². The molecular weight excluding hydrogens is 278 g/mol. The Morgan fingerprint density at radius 3 is 2.58 bits per heavy atom. The number of nitrogen functional groups attached to an aromatic ring is 1. The molecule has 4 nitrogen and oxygen atoms in total. The lowest BCUT2D eigenvalue weighted by molar-refractivity contribution is 0.141. The van der Waals surface area contributed by atoms with E-state index in [9.17, 15) is 0 Å². The largest absolute Gasteiger partial charge is 0.397 e. The van der Waals surface area contributed by atoms with Crippen LogP contribution in [0.25, 0.3) is 0 Å². The maximum Gasteiger partial charge on any atom is 0.133 e. The number of ether oxygens (including phenoxy) is 1. The van der Waals surface area contributed by atoms with Gasteiger partial charge in [-0.3, -0.25) is 5.01 Å². The van der Waals surface area contributed by atoms with Crippen molar-refractivity contribution in [2.45, 2.75) is 25.7 Å². The second kappa shape index (κ2) is 7.14. The van der Waals surface area contributed by atoms with Crippen LogP contribution in [0.15, 0.2) is 18.2 Å². The standard InChI is InChI=1S/C13H24ClN3OSi/c1-16-17(10-18-7-8-19(2,3)4)13-6-5-11(14)9-12(13)15/h5-6,9,16H,7-8,10,15H2,1-4H3. The molecule has 1 aromatic carbocycles. The van der Waals surface area contributed by atoms with Crippen molar-refractivity contribution in [3.8, 4) is 0 Å². The highest BCUT2D eigenvalue weighted by Crippen LogP contribution is 2.25. The van der Waals surface area contributed by atoms with Crippen molar-refractivity contribution in [2.24, 2.45) is 0 Å². The number of halogens is 1. The van der Waals surface area contributed by atoms with E-state index >= 15 is 0 Å². The van der Waals surface area contributed by atoms with E-state index in [1.807, 2.05) is 24.2 Å². The fourth-order valence-corrected chi connectivity index (χ4v) is 2.50. The number of nitrogens with zero attached hydrogens (tertiary/aromatic N) is 1. The maximum atomic E-state index is 5.96. The van der Waals surface area contributed by atoms with E-state index in [-0.39, 0.29) is 0 Å². The molecule has 6 heteroatoms. The van der Waals surface area contributed by atoms with E-state index in [1.54, 1.807) is 6.07 Å². The highest BCUT2D eigenvalue weighted by atomic mass is 35.5. The number of hydrogen-bond acceptors (Lipinski definition) is 4. The third-order valence-electron chi connectivity index (χ3n) is 2.77. The van der Waals surface area contributed by atoms with E-state index < -0.39 is 8.07 Å². The molecular formula is C13H24ClN3OSi. The molecule has 0 heterocycles. The number of hydrogen-bond donors (Lipinski definition) is 2. The van der Waals surface area contributed by atoms with Crippen molar-refractivity contribution < 1.29 is 4.74 Å². The number of benzene rings is 1. The average molecular weight is 302 g/mol. The molecule has 0 aromatic heterocycles. The maximum absolute atomic E-state index is 5.96. The predicted octanol–water partition coefficient (Wildman–Crippen LogP) is 3.18. The monoisotopic (exact) mass is 301 g/mol. The van der Waals surface area contributed by atoms with Crippen LogP contribution in [-0.2, 0) is 4.74 Å². The molecule has 0 atom stereocenters. The smallest absolute Gasteiger partial charge is 0.133 e. The summed E-state index contributed by atoms with van der Waals surface area (Å²) < 4.78 is 5.71. The van der Waals surface area contributed by atoms with Gasteiger partial charge < -0.3 is 10.5 Å². The minimum absolute atomic E-state index is 0.465. The normalized spacial score (nSPS) is 11.6. The molecule has 3 N–H and O–H groups in total. The summed E-state index contributed by atoms with van der Waals surface area (Å²) in [5.74, 6) is 0. The molecule has 0 radical (unpaired) electrons. The second-order valence-electron chi connectivity index (χ2n) is 5.70. The molecule has 1 aromatic rings. The first-order valence-corrected chi connectivity index (χ1v) is 10.5. The summed E-state index contributed by atoms with van der Waals surface area (Å²) in [7, 11) is 0.800. The quantitative estimate of drug-likeness (QED) is 0.267.